The van der Waals surface area contributed by atoms with Crippen LogP contribution in [0.2, 0.25) is 0 Å². The lowest BCUT2D eigenvalue weighted by atomic mass is 10.1. The fourth-order valence-corrected chi connectivity index (χ4v) is 1.05. The number of carbonyl (C=O) groups is 1. The molecule has 0 aromatic heterocycles. The highest BCUT2D eigenvalue weighted by molar-refractivity contribution is 5.90. The molecule has 0 bridgehead atoms. The van der Waals surface area contributed by atoms with Gasteiger partial charge in [-0.15, -0.1) is 0 Å². The first-order valence-electron chi connectivity index (χ1n) is 4.99. The lowest BCUT2D eigenvalue weighted by Crippen LogP contribution is -2.22. The summed E-state index contributed by atoms with van der Waals surface area (Å²) in [5.74, 6) is -0.810. The van der Waals surface area contributed by atoms with E-state index in [2.05, 4.69) is 0 Å². The van der Waals surface area contributed by atoms with Gasteiger partial charge in [-0.2, -0.15) is 4.89 Å². The van der Waals surface area contributed by atoms with Crippen molar-refractivity contribution in [3.63, 3.8) is 0 Å². The number of carboxylic acid groups (broad SMARTS) is 1. The van der Waals surface area contributed by atoms with E-state index in [1.807, 2.05) is 27.7 Å². The molecule has 16 heavy (non-hydrogen) atoms. The Labute approximate surface area is 94.7 Å². The van der Waals surface area contributed by atoms with Crippen molar-refractivity contribution in [1.82, 2.24) is 0 Å². The number of benzene rings is 1. The molecular formula is C12H16O4. The lowest BCUT2D eigenvalue weighted by Gasteiger charge is -2.18. The maximum Gasteiger partial charge on any atom is 0.339 e. The van der Waals surface area contributed by atoms with Crippen LogP contribution in [0.25, 0.3) is 0 Å². The summed E-state index contributed by atoms with van der Waals surface area (Å²) in [6, 6.07) is 4.85. The van der Waals surface area contributed by atoms with E-state index in [9.17, 15) is 4.79 Å². The Hall–Kier alpha value is -1.55. The molecule has 0 saturated heterocycles. The highest BCUT2D eigenvalue weighted by Gasteiger charge is 2.17. The van der Waals surface area contributed by atoms with E-state index in [1.165, 1.54) is 6.07 Å². The molecule has 0 heterocycles. The Bertz CT molecular complexity index is 390. The zero-order valence-corrected chi connectivity index (χ0v) is 9.90. The first-order valence-corrected chi connectivity index (χ1v) is 4.99. The second kappa shape index (κ2) is 4.53. The van der Waals surface area contributed by atoms with Gasteiger partial charge in [-0.25, -0.2) is 4.79 Å². The minimum atomic E-state index is -1.03. The summed E-state index contributed by atoms with van der Waals surface area (Å²) in [5.41, 5.74) is 0.520. The fraction of sp³-hybridized carbons (Fsp3) is 0.417. The van der Waals surface area contributed by atoms with Crippen LogP contribution in [0.1, 0.15) is 36.7 Å². The van der Waals surface area contributed by atoms with E-state index in [0.717, 1.165) is 5.56 Å². The average molecular weight is 224 g/mol. The summed E-state index contributed by atoms with van der Waals surface area (Å²) in [6.45, 7) is 7.32. The van der Waals surface area contributed by atoms with Gasteiger partial charge in [0, 0.05) is 0 Å². The van der Waals surface area contributed by atoms with Gasteiger partial charge in [0.2, 0.25) is 0 Å². The third-order valence-corrected chi connectivity index (χ3v) is 1.75. The molecule has 0 aliphatic carbocycles. The van der Waals surface area contributed by atoms with Crippen molar-refractivity contribution in [1.29, 1.82) is 0 Å². The topological polar surface area (TPSA) is 55.8 Å². The molecule has 0 atom stereocenters. The summed E-state index contributed by atoms with van der Waals surface area (Å²) in [4.78, 5) is 21.1. The van der Waals surface area contributed by atoms with Gasteiger partial charge in [0.05, 0.1) is 0 Å². The zero-order valence-electron chi connectivity index (χ0n) is 9.90. The monoisotopic (exact) mass is 224 g/mol. The average Bonchev–Trinajstić information content (AvgIpc) is 2.13. The Balaban J connectivity index is 2.93. The van der Waals surface area contributed by atoms with Gasteiger partial charge in [0.25, 0.3) is 0 Å². The zero-order chi connectivity index (χ0) is 12.3. The van der Waals surface area contributed by atoms with Crippen molar-refractivity contribution in [2.24, 2.45) is 0 Å². The third-order valence-electron chi connectivity index (χ3n) is 1.75. The van der Waals surface area contributed by atoms with Crippen molar-refractivity contribution in [2.45, 2.75) is 33.3 Å². The van der Waals surface area contributed by atoms with Crippen molar-refractivity contribution >= 4 is 5.97 Å². The molecule has 0 unspecified atom stereocenters. The molecule has 4 nitrogen and oxygen atoms in total. The van der Waals surface area contributed by atoms with Crippen LogP contribution < -0.4 is 4.89 Å². The molecule has 0 radical (unpaired) electrons. The number of aromatic carboxylic acids is 1. The van der Waals surface area contributed by atoms with Crippen LogP contribution in [0.15, 0.2) is 18.2 Å². The molecular weight excluding hydrogens is 208 g/mol. The van der Waals surface area contributed by atoms with Crippen LogP contribution in [-0.2, 0) is 4.89 Å². The van der Waals surface area contributed by atoms with Crippen LogP contribution >= 0.6 is 0 Å². The van der Waals surface area contributed by atoms with Crippen LogP contribution in [-0.4, -0.2) is 16.7 Å². The molecule has 1 N–H and O–H groups in total. The van der Waals surface area contributed by atoms with Crippen molar-refractivity contribution in [3.05, 3.63) is 29.3 Å². The lowest BCUT2D eigenvalue weighted by molar-refractivity contribution is -0.274. The van der Waals surface area contributed by atoms with Gasteiger partial charge in [0.1, 0.15) is 11.2 Å². The molecule has 0 amide bonds. The Morgan fingerprint density at radius 2 is 1.94 bits per heavy atom. The van der Waals surface area contributed by atoms with Gasteiger partial charge >= 0.3 is 5.97 Å². The van der Waals surface area contributed by atoms with Crippen LogP contribution in [0.3, 0.4) is 0 Å². The van der Waals surface area contributed by atoms with Crippen molar-refractivity contribution in [3.8, 4) is 5.75 Å². The van der Waals surface area contributed by atoms with Gasteiger partial charge < -0.3 is 9.99 Å². The Morgan fingerprint density at radius 3 is 2.44 bits per heavy atom. The van der Waals surface area contributed by atoms with E-state index in [4.69, 9.17) is 14.9 Å². The van der Waals surface area contributed by atoms with Crippen molar-refractivity contribution < 1.29 is 19.7 Å². The number of hydrogen-bond donors (Lipinski definition) is 1. The number of hydrogen-bond acceptors (Lipinski definition) is 3. The first kappa shape index (κ1) is 12.5. The molecule has 88 valence electrons. The van der Waals surface area contributed by atoms with E-state index < -0.39 is 11.6 Å². The predicted octanol–water partition coefficient (Wildman–Crippen LogP) is 2.80. The Kier molecular flexibility index (Phi) is 3.55. The number of rotatable bonds is 3. The highest BCUT2D eigenvalue weighted by Crippen LogP contribution is 2.22. The predicted molar refractivity (Wildman–Crippen MR) is 59.6 cm³/mol. The Morgan fingerprint density at radius 1 is 1.31 bits per heavy atom. The second-order valence-electron chi connectivity index (χ2n) is 4.58. The minimum absolute atomic E-state index is 0.0925. The summed E-state index contributed by atoms with van der Waals surface area (Å²) < 4.78 is 0. The maximum atomic E-state index is 10.9. The molecule has 0 fully saturated rings. The third kappa shape index (κ3) is 3.55. The summed E-state index contributed by atoms with van der Waals surface area (Å²) in [7, 11) is 0. The number of aryl methyl sites for hydroxylation is 1. The van der Waals surface area contributed by atoms with Crippen LogP contribution in [0, 0.1) is 6.92 Å². The standard InChI is InChI=1S/C12H16O4/c1-8-5-6-9(11(13)14)10(7-8)15-16-12(2,3)4/h5-7H,1-4H3,(H,13,14). The molecule has 1 aromatic carbocycles. The smallest absolute Gasteiger partial charge is 0.339 e. The molecule has 1 aromatic rings. The van der Waals surface area contributed by atoms with Crippen LogP contribution in [0.5, 0.6) is 5.75 Å². The molecule has 0 saturated carbocycles. The van der Waals surface area contributed by atoms with Gasteiger partial charge in [-0.1, -0.05) is 6.07 Å². The van der Waals surface area contributed by atoms with E-state index in [0.29, 0.717) is 0 Å². The molecule has 0 spiro atoms. The highest BCUT2D eigenvalue weighted by atomic mass is 17.2. The van der Waals surface area contributed by atoms with Gasteiger partial charge in [0.15, 0.2) is 5.75 Å². The summed E-state index contributed by atoms with van der Waals surface area (Å²) >= 11 is 0. The molecule has 4 heteroatoms. The molecule has 0 aliphatic heterocycles. The van der Waals surface area contributed by atoms with Crippen LogP contribution in [0.4, 0.5) is 0 Å². The van der Waals surface area contributed by atoms with Gasteiger partial charge in [-0.3, -0.25) is 0 Å². The van der Waals surface area contributed by atoms with E-state index in [-0.39, 0.29) is 11.3 Å². The fourth-order valence-electron chi connectivity index (χ4n) is 1.05. The molecule has 1 rings (SSSR count). The largest absolute Gasteiger partial charge is 0.478 e. The number of carboxylic acids is 1. The normalized spacial score (nSPS) is 11.2. The molecule has 0 aliphatic rings. The quantitative estimate of drug-likeness (QED) is 0.633. The first-order chi connectivity index (χ1) is 7.29. The van der Waals surface area contributed by atoms with E-state index in [1.54, 1.807) is 12.1 Å². The maximum absolute atomic E-state index is 10.9. The summed E-state index contributed by atoms with van der Waals surface area (Å²) in [5, 5.41) is 8.95. The van der Waals surface area contributed by atoms with E-state index >= 15 is 0 Å². The summed E-state index contributed by atoms with van der Waals surface area (Å²) in [6.07, 6.45) is 0. The van der Waals surface area contributed by atoms with Crippen molar-refractivity contribution in [2.75, 3.05) is 0 Å². The second-order valence-corrected chi connectivity index (χ2v) is 4.58. The SMILES string of the molecule is Cc1ccc(C(=O)O)c(OOC(C)(C)C)c1. The van der Waals surface area contributed by atoms with Gasteiger partial charge in [-0.05, 0) is 45.4 Å². The minimum Gasteiger partial charge on any atom is -0.478 e.